The first-order chi connectivity index (χ1) is 7.40. The Morgan fingerprint density at radius 1 is 1.27 bits per heavy atom. The summed E-state index contributed by atoms with van der Waals surface area (Å²) in [5, 5.41) is 0. The fraction of sp³-hybridized carbons (Fsp3) is 0.467. The zero-order valence-corrected chi connectivity index (χ0v) is 9.58. The minimum absolute atomic E-state index is 0.894. The van der Waals surface area contributed by atoms with Crippen LogP contribution in [0.5, 0.6) is 0 Å². The first-order valence-corrected chi connectivity index (χ1v) is 6.15. The van der Waals surface area contributed by atoms with Gasteiger partial charge in [0.1, 0.15) is 0 Å². The SMILES string of the molecule is CCCCC1CC/C1=C\c1ccccc1. The van der Waals surface area contributed by atoms with Gasteiger partial charge in [-0.25, -0.2) is 0 Å². The molecule has 0 amide bonds. The van der Waals surface area contributed by atoms with Crippen molar-refractivity contribution in [3.05, 3.63) is 41.5 Å². The van der Waals surface area contributed by atoms with Crippen LogP contribution < -0.4 is 0 Å². The van der Waals surface area contributed by atoms with Gasteiger partial charge in [0.05, 0.1) is 0 Å². The van der Waals surface area contributed by atoms with E-state index in [1.54, 1.807) is 5.57 Å². The van der Waals surface area contributed by atoms with Gasteiger partial charge in [-0.2, -0.15) is 0 Å². The van der Waals surface area contributed by atoms with E-state index in [9.17, 15) is 0 Å². The summed E-state index contributed by atoms with van der Waals surface area (Å²) >= 11 is 0. The highest BCUT2D eigenvalue weighted by atomic mass is 14.3. The molecule has 0 N–H and O–H groups in total. The van der Waals surface area contributed by atoms with Crippen molar-refractivity contribution < 1.29 is 0 Å². The van der Waals surface area contributed by atoms with Crippen LogP contribution in [0.2, 0.25) is 0 Å². The van der Waals surface area contributed by atoms with Gasteiger partial charge in [0.25, 0.3) is 0 Å². The summed E-state index contributed by atoms with van der Waals surface area (Å²) in [5.41, 5.74) is 3.04. The molecule has 0 nitrogen and oxygen atoms in total. The highest BCUT2D eigenvalue weighted by Gasteiger charge is 2.22. The molecule has 1 unspecified atom stereocenters. The third-order valence-electron chi connectivity index (χ3n) is 3.36. The zero-order valence-electron chi connectivity index (χ0n) is 9.58. The predicted molar refractivity (Wildman–Crippen MR) is 66.7 cm³/mol. The quantitative estimate of drug-likeness (QED) is 0.662. The third kappa shape index (κ3) is 2.71. The molecule has 0 heteroatoms. The van der Waals surface area contributed by atoms with Crippen molar-refractivity contribution in [2.45, 2.75) is 39.0 Å². The van der Waals surface area contributed by atoms with Crippen molar-refractivity contribution in [1.82, 2.24) is 0 Å². The van der Waals surface area contributed by atoms with E-state index >= 15 is 0 Å². The third-order valence-corrected chi connectivity index (χ3v) is 3.36. The molecule has 0 saturated heterocycles. The molecular formula is C15H20. The van der Waals surface area contributed by atoms with Crippen LogP contribution in [0.25, 0.3) is 6.08 Å². The Balaban J connectivity index is 1.96. The fourth-order valence-electron chi connectivity index (χ4n) is 2.25. The molecule has 1 aliphatic carbocycles. The average Bonchev–Trinajstić information content (AvgIpc) is 2.26. The molecular weight excluding hydrogens is 180 g/mol. The Morgan fingerprint density at radius 2 is 2.07 bits per heavy atom. The van der Waals surface area contributed by atoms with Crippen molar-refractivity contribution in [1.29, 1.82) is 0 Å². The molecule has 0 spiro atoms. The average molecular weight is 200 g/mol. The van der Waals surface area contributed by atoms with Gasteiger partial charge in [0.15, 0.2) is 0 Å². The maximum atomic E-state index is 2.39. The first-order valence-electron chi connectivity index (χ1n) is 6.15. The molecule has 80 valence electrons. The second kappa shape index (κ2) is 5.16. The van der Waals surface area contributed by atoms with E-state index in [1.807, 2.05) is 0 Å². The Bertz CT molecular complexity index is 321. The van der Waals surface area contributed by atoms with Gasteiger partial charge in [-0.05, 0) is 30.7 Å². The number of hydrogen-bond acceptors (Lipinski definition) is 0. The summed E-state index contributed by atoms with van der Waals surface area (Å²) in [5.74, 6) is 0.894. The molecule has 0 bridgehead atoms. The maximum Gasteiger partial charge on any atom is -0.0197 e. The summed E-state index contributed by atoms with van der Waals surface area (Å²) < 4.78 is 0. The van der Waals surface area contributed by atoms with Gasteiger partial charge in [0.2, 0.25) is 0 Å². The van der Waals surface area contributed by atoms with Crippen molar-refractivity contribution in [3.63, 3.8) is 0 Å². The van der Waals surface area contributed by atoms with Crippen LogP contribution >= 0.6 is 0 Å². The molecule has 0 radical (unpaired) electrons. The van der Waals surface area contributed by atoms with Crippen molar-refractivity contribution >= 4 is 6.08 Å². The van der Waals surface area contributed by atoms with Crippen molar-refractivity contribution in [2.75, 3.05) is 0 Å². The van der Waals surface area contributed by atoms with E-state index in [0.717, 1.165) is 5.92 Å². The molecule has 1 aromatic carbocycles. The van der Waals surface area contributed by atoms with Gasteiger partial charge in [-0.3, -0.25) is 0 Å². The topological polar surface area (TPSA) is 0 Å². The van der Waals surface area contributed by atoms with Crippen LogP contribution in [0.4, 0.5) is 0 Å². The molecule has 15 heavy (non-hydrogen) atoms. The van der Waals surface area contributed by atoms with E-state index < -0.39 is 0 Å². The first kappa shape index (κ1) is 10.5. The lowest BCUT2D eigenvalue weighted by Gasteiger charge is -2.30. The molecule has 0 aliphatic heterocycles. The smallest absolute Gasteiger partial charge is 0.0197 e. The highest BCUT2D eigenvalue weighted by molar-refractivity contribution is 5.54. The Labute approximate surface area is 93.0 Å². The molecule has 2 rings (SSSR count). The van der Waals surface area contributed by atoms with Crippen LogP contribution in [0.3, 0.4) is 0 Å². The number of allylic oxidation sites excluding steroid dienone is 1. The van der Waals surface area contributed by atoms with Crippen LogP contribution in [0, 0.1) is 5.92 Å². The Hall–Kier alpha value is -1.04. The van der Waals surface area contributed by atoms with Crippen molar-refractivity contribution in [2.24, 2.45) is 5.92 Å². The minimum atomic E-state index is 0.894. The van der Waals surface area contributed by atoms with E-state index in [-0.39, 0.29) is 0 Å². The lowest BCUT2D eigenvalue weighted by molar-refractivity contribution is 0.405. The standard InChI is InChI=1S/C15H20/c1-2-3-9-14-10-11-15(14)12-13-7-5-4-6-8-13/h4-8,12,14H,2-3,9-11H2,1H3/b15-12+. The summed E-state index contributed by atoms with van der Waals surface area (Å²) in [6, 6.07) is 10.7. The van der Waals surface area contributed by atoms with Gasteiger partial charge in [-0.1, -0.05) is 61.7 Å². The number of rotatable bonds is 4. The largest absolute Gasteiger partial charge is 0.0665 e. The Kier molecular flexibility index (Phi) is 3.60. The Morgan fingerprint density at radius 3 is 2.67 bits per heavy atom. The number of benzene rings is 1. The van der Waals surface area contributed by atoms with Gasteiger partial charge in [0, 0.05) is 0 Å². The van der Waals surface area contributed by atoms with Gasteiger partial charge < -0.3 is 0 Å². The summed E-state index contributed by atoms with van der Waals surface area (Å²) in [6.07, 6.45) is 9.24. The molecule has 1 atom stereocenters. The minimum Gasteiger partial charge on any atom is -0.0665 e. The second-order valence-electron chi connectivity index (χ2n) is 4.51. The van der Waals surface area contributed by atoms with E-state index in [4.69, 9.17) is 0 Å². The molecule has 0 aromatic heterocycles. The summed E-state index contributed by atoms with van der Waals surface area (Å²) in [6.45, 7) is 2.28. The van der Waals surface area contributed by atoms with E-state index in [2.05, 4.69) is 43.3 Å². The van der Waals surface area contributed by atoms with Crippen LogP contribution in [0.1, 0.15) is 44.6 Å². The number of hydrogen-bond donors (Lipinski definition) is 0. The monoisotopic (exact) mass is 200 g/mol. The van der Waals surface area contributed by atoms with Gasteiger partial charge >= 0.3 is 0 Å². The van der Waals surface area contributed by atoms with Gasteiger partial charge in [-0.15, -0.1) is 0 Å². The summed E-state index contributed by atoms with van der Waals surface area (Å²) in [7, 11) is 0. The lowest BCUT2D eigenvalue weighted by atomic mass is 9.75. The normalized spacial score (nSPS) is 22.7. The molecule has 1 aliphatic rings. The molecule has 1 aromatic rings. The van der Waals surface area contributed by atoms with Crippen LogP contribution in [-0.4, -0.2) is 0 Å². The molecule has 1 fully saturated rings. The van der Waals surface area contributed by atoms with E-state index in [0.29, 0.717) is 0 Å². The molecule has 0 heterocycles. The van der Waals surface area contributed by atoms with E-state index in [1.165, 1.54) is 37.7 Å². The highest BCUT2D eigenvalue weighted by Crippen LogP contribution is 2.38. The van der Waals surface area contributed by atoms with Crippen molar-refractivity contribution in [3.8, 4) is 0 Å². The molecule has 1 saturated carbocycles. The fourth-order valence-corrected chi connectivity index (χ4v) is 2.25. The zero-order chi connectivity index (χ0) is 10.5. The summed E-state index contributed by atoms with van der Waals surface area (Å²) in [4.78, 5) is 0. The van der Waals surface area contributed by atoms with Crippen LogP contribution in [-0.2, 0) is 0 Å². The predicted octanol–water partition coefficient (Wildman–Crippen LogP) is 4.67. The van der Waals surface area contributed by atoms with Crippen LogP contribution in [0.15, 0.2) is 35.9 Å². The second-order valence-corrected chi connectivity index (χ2v) is 4.51. The number of unbranched alkanes of at least 4 members (excludes halogenated alkanes) is 1. The maximum absolute atomic E-state index is 2.39. The lowest BCUT2D eigenvalue weighted by Crippen LogP contribution is -2.15.